The van der Waals surface area contributed by atoms with Gasteiger partial charge in [0.15, 0.2) is 0 Å². The summed E-state index contributed by atoms with van der Waals surface area (Å²) in [5.41, 5.74) is -0.192. The molecule has 1 saturated heterocycles. The van der Waals surface area contributed by atoms with Gasteiger partial charge in [-0.05, 0) is 38.8 Å². The summed E-state index contributed by atoms with van der Waals surface area (Å²) in [7, 11) is 1.78. The average molecular weight is 258 g/mol. The van der Waals surface area contributed by atoms with Crippen LogP contribution in [0.25, 0.3) is 0 Å². The number of rotatable bonds is 7. The van der Waals surface area contributed by atoms with Gasteiger partial charge in [0, 0.05) is 26.3 Å². The molecule has 0 spiro atoms. The molecular weight excluding hydrogens is 228 g/mol. The Balaban J connectivity index is 2.38. The van der Waals surface area contributed by atoms with Crippen molar-refractivity contribution in [3.8, 4) is 0 Å². The number of likely N-dealkylation sites (tertiary alicyclic amines) is 1. The molecule has 0 saturated carbocycles. The first-order valence-corrected chi connectivity index (χ1v) is 7.09. The Kier molecular flexibility index (Phi) is 6.57. The van der Waals surface area contributed by atoms with E-state index in [0.29, 0.717) is 12.0 Å². The summed E-state index contributed by atoms with van der Waals surface area (Å²) in [5, 5.41) is 13.1. The van der Waals surface area contributed by atoms with Gasteiger partial charge in [-0.2, -0.15) is 0 Å². The Morgan fingerprint density at radius 1 is 1.39 bits per heavy atom. The van der Waals surface area contributed by atoms with E-state index in [0.717, 1.165) is 26.2 Å². The van der Waals surface area contributed by atoms with E-state index in [2.05, 4.69) is 31.0 Å². The van der Waals surface area contributed by atoms with Crippen LogP contribution in [-0.2, 0) is 4.74 Å². The van der Waals surface area contributed by atoms with E-state index in [1.165, 1.54) is 12.8 Å². The summed E-state index contributed by atoms with van der Waals surface area (Å²) < 4.78 is 5.22. The Morgan fingerprint density at radius 2 is 2.00 bits per heavy atom. The third-order valence-corrected chi connectivity index (χ3v) is 3.67. The number of nitrogens with one attached hydrogen (secondary N) is 1. The molecule has 0 amide bonds. The fourth-order valence-corrected chi connectivity index (χ4v) is 2.88. The maximum absolute atomic E-state index is 9.59. The molecule has 1 fully saturated rings. The van der Waals surface area contributed by atoms with Crippen LogP contribution in [0.5, 0.6) is 0 Å². The SMILES string of the molecule is COCC1CCN(CC(C)(CO)NC(C)C)CC1. The summed E-state index contributed by atoms with van der Waals surface area (Å²) in [6, 6.07) is 0.396. The molecule has 18 heavy (non-hydrogen) atoms. The molecule has 0 aromatic heterocycles. The zero-order chi connectivity index (χ0) is 13.6. The number of aliphatic hydroxyl groups is 1. The highest BCUT2D eigenvalue weighted by molar-refractivity contribution is 4.88. The summed E-state index contributed by atoms with van der Waals surface area (Å²) in [5.74, 6) is 0.713. The number of nitrogens with zero attached hydrogens (tertiary/aromatic N) is 1. The normalized spacial score (nSPS) is 22.3. The van der Waals surface area contributed by atoms with Crippen LogP contribution in [0.2, 0.25) is 0 Å². The van der Waals surface area contributed by atoms with Crippen LogP contribution in [-0.4, -0.2) is 61.5 Å². The van der Waals surface area contributed by atoms with Crippen molar-refractivity contribution in [3.63, 3.8) is 0 Å². The molecule has 0 bridgehead atoms. The molecular formula is C14H30N2O2. The first-order valence-electron chi connectivity index (χ1n) is 7.09. The molecule has 1 rings (SSSR count). The van der Waals surface area contributed by atoms with Gasteiger partial charge in [-0.15, -0.1) is 0 Å². The molecule has 1 aliphatic heterocycles. The Bertz CT molecular complexity index is 228. The molecule has 0 aromatic carbocycles. The largest absolute Gasteiger partial charge is 0.394 e. The fraction of sp³-hybridized carbons (Fsp3) is 1.00. The lowest BCUT2D eigenvalue weighted by molar-refractivity contribution is 0.0676. The molecule has 1 atom stereocenters. The van der Waals surface area contributed by atoms with Crippen LogP contribution >= 0.6 is 0 Å². The third-order valence-electron chi connectivity index (χ3n) is 3.67. The van der Waals surface area contributed by atoms with E-state index in [1.54, 1.807) is 7.11 Å². The second-order valence-corrected chi connectivity index (χ2v) is 6.19. The summed E-state index contributed by atoms with van der Waals surface area (Å²) >= 11 is 0. The predicted octanol–water partition coefficient (Wildman–Crippen LogP) is 1.09. The molecule has 0 radical (unpaired) electrons. The minimum absolute atomic E-state index is 0.184. The summed E-state index contributed by atoms with van der Waals surface area (Å²) in [6.07, 6.45) is 2.41. The van der Waals surface area contributed by atoms with E-state index >= 15 is 0 Å². The zero-order valence-electron chi connectivity index (χ0n) is 12.4. The van der Waals surface area contributed by atoms with Crippen molar-refractivity contribution in [2.45, 2.75) is 45.2 Å². The van der Waals surface area contributed by atoms with E-state index in [9.17, 15) is 5.11 Å². The standard InChI is InChI=1S/C14H30N2O2/c1-12(2)15-14(3,11-17)10-16-7-5-13(6-8-16)9-18-4/h12-13,15,17H,5-11H2,1-4H3. The highest BCUT2D eigenvalue weighted by Gasteiger charge is 2.29. The van der Waals surface area contributed by atoms with Gasteiger partial charge in [0.05, 0.1) is 12.1 Å². The molecule has 2 N–H and O–H groups in total. The van der Waals surface area contributed by atoms with Crippen molar-refractivity contribution in [1.82, 2.24) is 10.2 Å². The second kappa shape index (κ2) is 7.43. The van der Waals surface area contributed by atoms with Crippen LogP contribution < -0.4 is 5.32 Å². The summed E-state index contributed by atoms with van der Waals surface area (Å²) in [6.45, 7) is 10.6. The van der Waals surface area contributed by atoms with Crippen molar-refractivity contribution in [2.75, 3.05) is 40.0 Å². The average Bonchev–Trinajstić information content (AvgIpc) is 2.31. The van der Waals surface area contributed by atoms with E-state index in [-0.39, 0.29) is 12.1 Å². The number of aliphatic hydroxyl groups excluding tert-OH is 1. The van der Waals surface area contributed by atoms with Crippen LogP contribution in [0, 0.1) is 5.92 Å². The lowest BCUT2D eigenvalue weighted by atomic mass is 9.95. The first-order chi connectivity index (χ1) is 8.49. The topological polar surface area (TPSA) is 44.7 Å². The number of hydrogen-bond donors (Lipinski definition) is 2. The Labute approximate surface area is 112 Å². The highest BCUT2D eigenvalue weighted by atomic mass is 16.5. The van der Waals surface area contributed by atoms with Gasteiger partial charge in [0.25, 0.3) is 0 Å². The van der Waals surface area contributed by atoms with Crippen molar-refractivity contribution >= 4 is 0 Å². The van der Waals surface area contributed by atoms with E-state index < -0.39 is 0 Å². The minimum atomic E-state index is -0.192. The monoisotopic (exact) mass is 258 g/mol. The van der Waals surface area contributed by atoms with Crippen molar-refractivity contribution in [3.05, 3.63) is 0 Å². The number of piperidine rings is 1. The molecule has 108 valence electrons. The molecule has 1 heterocycles. The van der Waals surface area contributed by atoms with Crippen molar-refractivity contribution in [2.24, 2.45) is 5.92 Å². The Hall–Kier alpha value is -0.160. The molecule has 4 heteroatoms. The van der Waals surface area contributed by atoms with Gasteiger partial charge in [0.2, 0.25) is 0 Å². The van der Waals surface area contributed by atoms with E-state index in [4.69, 9.17) is 4.74 Å². The molecule has 0 aromatic rings. The van der Waals surface area contributed by atoms with Gasteiger partial charge in [-0.3, -0.25) is 0 Å². The van der Waals surface area contributed by atoms with Crippen molar-refractivity contribution < 1.29 is 9.84 Å². The lowest BCUT2D eigenvalue weighted by Crippen LogP contribution is -2.57. The second-order valence-electron chi connectivity index (χ2n) is 6.19. The predicted molar refractivity (Wildman–Crippen MR) is 74.8 cm³/mol. The minimum Gasteiger partial charge on any atom is -0.394 e. The van der Waals surface area contributed by atoms with Crippen LogP contribution in [0.4, 0.5) is 0 Å². The fourth-order valence-electron chi connectivity index (χ4n) is 2.88. The van der Waals surface area contributed by atoms with Gasteiger partial charge in [-0.1, -0.05) is 13.8 Å². The van der Waals surface area contributed by atoms with Crippen LogP contribution in [0.3, 0.4) is 0 Å². The maximum atomic E-state index is 9.59. The van der Waals surface area contributed by atoms with Gasteiger partial charge in [-0.25, -0.2) is 0 Å². The quantitative estimate of drug-likeness (QED) is 0.717. The smallest absolute Gasteiger partial charge is 0.0623 e. The highest BCUT2D eigenvalue weighted by Crippen LogP contribution is 2.19. The molecule has 0 aliphatic carbocycles. The molecule has 1 unspecified atom stereocenters. The van der Waals surface area contributed by atoms with Crippen LogP contribution in [0.1, 0.15) is 33.6 Å². The third kappa shape index (κ3) is 5.22. The molecule has 4 nitrogen and oxygen atoms in total. The number of ether oxygens (including phenoxy) is 1. The number of hydrogen-bond acceptors (Lipinski definition) is 4. The van der Waals surface area contributed by atoms with E-state index in [1.807, 2.05) is 0 Å². The first kappa shape index (κ1) is 15.9. The van der Waals surface area contributed by atoms with Gasteiger partial charge < -0.3 is 20.1 Å². The summed E-state index contributed by atoms with van der Waals surface area (Å²) in [4.78, 5) is 2.46. The van der Waals surface area contributed by atoms with Crippen LogP contribution in [0.15, 0.2) is 0 Å². The van der Waals surface area contributed by atoms with Gasteiger partial charge >= 0.3 is 0 Å². The Morgan fingerprint density at radius 3 is 2.44 bits per heavy atom. The van der Waals surface area contributed by atoms with Gasteiger partial charge in [0.1, 0.15) is 0 Å². The zero-order valence-corrected chi connectivity index (χ0v) is 12.4. The maximum Gasteiger partial charge on any atom is 0.0623 e. The number of methoxy groups -OCH3 is 1. The lowest BCUT2D eigenvalue weighted by Gasteiger charge is -2.39. The molecule has 1 aliphatic rings. The van der Waals surface area contributed by atoms with Crippen molar-refractivity contribution in [1.29, 1.82) is 0 Å².